The predicted molar refractivity (Wildman–Crippen MR) is 82.7 cm³/mol. The van der Waals surface area contributed by atoms with Gasteiger partial charge in [-0.1, -0.05) is 17.7 Å². The smallest absolute Gasteiger partial charge is 0.219 e. The molecule has 6 nitrogen and oxygen atoms in total. The van der Waals surface area contributed by atoms with Crippen molar-refractivity contribution in [1.29, 1.82) is 5.26 Å². The van der Waals surface area contributed by atoms with Crippen LogP contribution in [0, 0.1) is 18.3 Å². The largest absolute Gasteiger partial charge is 0.467 e. The van der Waals surface area contributed by atoms with E-state index in [4.69, 9.17) is 16.3 Å². The molecule has 3 rings (SSSR count). The lowest BCUT2D eigenvalue weighted by Crippen LogP contribution is -2.43. The van der Waals surface area contributed by atoms with Crippen LogP contribution < -0.4 is 21.7 Å². The van der Waals surface area contributed by atoms with E-state index in [0.717, 1.165) is 11.1 Å². The Bertz CT molecular complexity index is 746. The fraction of sp³-hybridized carbons (Fsp3) is 0.143. The summed E-state index contributed by atoms with van der Waals surface area (Å²) in [7, 11) is 0. The van der Waals surface area contributed by atoms with Gasteiger partial charge in [-0.2, -0.15) is 5.26 Å². The van der Waals surface area contributed by atoms with Crippen LogP contribution in [0.25, 0.3) is 6.08 Å². The van der Waals surface area contributed by atoms with Gasteiger partial charge in [-0.05, 0) is 36.9 Å². The molecule has 2 aliphatic heterocycles. The second-order valence-corrected chi connectivity index (χ2v) is 5.88. The maximum absolute atomic E-state index is 9.39. The molecule has 1 unspecified atom stereocenters. The molecule has 0 fully saturated rings. The van der Waals surface area contributed by atoms with Crippen molar-refractivity contribution in [2.24, 2.45) is 16.6 Å². The van der Waals surface area contributed by atoms with Gasteiger partial charge >= 0.3 is 0 Å². The Morgan fingerprint density at radius 3 is 3.00 bits per heavy atom. The summed E-state index contributed by atoms with van der Waals surface area (Å²) in [6.45, 7) is 2.01. The molecule has 0 amide bonds. The van der Waals surface area contributed by atoms with Crippen molar-refractivity contribution >= 4 is 23.0 Å². The highest BCUT2D eigenvalue weighted by Gasteiger charge is 2.44. The van der Waals surface area contributed by atoms with Gasteiger partial charge in [0.05, 0.1) is 0 Å². The van der Waals surface area contributed by atoms with Gasteiger partial charge in [0.2, 0.25) is 4.93 Å². The zero-order valence-electron chi connectivity index (χ0n) is 11.3. The third kappa shape index (κ3) is 2.14. The molecule has 1 spiro atoms. The lowest BCUT2D eigenvalue weighted by molar-refractivity contribution is 0.252. The number of hydrogen-bond donors (Lipinski definition) is 3. The van der Waals surface area contributed by atoms with E-state index in [0.29, 0.717) is 10.9 Å². The fourth-order valence-electron chi connectivity index (χ4n) is 2.24. The number of nitriles is 1. The molecule has 0 radical (unpaired) electrons. The van der Waals surface area contributed by atoms with Crippen LogP contribution >= 0.6 is 11.8 Å². The standard InChI is InChI=1S/C14H13N5OS/c1-8-2-3-11-9(6-8)4-5-14(20-11)10(7-15)12(16)18-13(19-17)21-14/h2-6H,16-17H2,1H3,(H,18,19). The highest BCUT2D eigenvalue weighted by atomic mass is 32.2. The van der Waals surface area contributed by atoms with Gasteiger partial charge in [-0.15, -0.1) is 0 Å². The Balaban J connectivity index is 2.10. The Kier molecular flexibility index (Phi) is 3.12. The zero-order valence-corrected chi connectivity index (χ0v) is 12.1. The number of aliphatic imine (C=N–C) groups is 1. The van der Waals surface area contributed by atoms with Crippen molar-refractivity contribution in [3.8, 4) is 11.8 Å². The highest BCUT2D eigenvalue weighted by molar-refractivity contribution is 8.15. The topological polar surface area (TPSA) is 109 Å². The molecular formula is C14H13N5OS. The quantitative estimate of drug-likeness (QED) is 0.493. The third-order valence-corrected chi connectivity index (χ3v) is 4.35. The van der Waals surface area contributed by atoms with Gasteiger partial charge in [0, 0.05) is 5.56 Å². The molecule has 1 aromatic rings. The summed E-state index contributed by atoms with van der Waals surface area (Å²) < 4.78 is 6.06. The summed E-state index contributed by atoms with van der Waals surface area (Å²) in [4.78, 5) is 3.00. The van der Waals surface area contributed by atoms with E-state index >= 15 is 0 Å². The van der Waals surface area contributed by atoms with E-state index in [1.807, 2.05) is 31.2 Å². The minimum atomic E-state index is -1.04. The molecule has 5 N–H and O–H groups in total. The summed E-state index contributed by atoms with van der Waals surface area (Å²) >= 11 is 1.20. The zero-order chi connectivity index (χ0) is 15.0. The molecule has 0 aliphatic carbocycles. The van der Waals surface area contributed by atoms with Crippen LogP contribution in [0.1, 0.15) is 11.1 Å². The Labute approximate surface area is 126 Å². The summed E-state index contributed by atoms with van der Waals surface area (Å²) in [5, 5.41) is 9.79. The Morgan fingerprint density at radius 1 is 1.48 bits per heavy atom. The van der Waals surface area contributed by atoms with Crippen LogP contribution in [0.5, 0.6) is 5.75 Å². The first-order chi connectivity index (χ1) is 10.1. The minimum absolute atomic E-state index is 0.101. The predicted octanol–water partition coefficient (Wildman–Crippen LogP) is 1.36. The number of aryl methyl sites for hydroxylation is 1. The van der Waals surface area contributed by atoms with E-state index in [-0.39, 0.29) is 11.4 Å². The van der Waals surface area contributed by atoms with Crippen LogP contribution in [-0.4, -0.2) is 10.1 Å². The molecule has 0 bridgehead atoms. The number of hydrogen-bond acceptors (Lipinski definition) is 7. The van der Waals surface area contributed by atoms with Crippen LogP contribution in [0.3, 0.4) is 0 Å². The molecule has 0 saturated heterocycles. The fourth-order valence-corrected chi connectivity index (χ4v) is 3.25. The lowest BCUT2D eigenvalue weighted by atomic mass is 10.0. The van der Waals surface area contributed by atoms with Gasteiger partial charge in [0.15, 0.2) is 5.17 Å². The molecule has 21 heavy (non-hydrogen) atoms. The number of thioether (sulfide) groups is 1. The average Bonchev–Trinajstić information content (AvgIpc) is 2.47. The van der Waals surface area contributed by atoms with E-state index < -0.39 is 4.93 Å². The Morgan fingerprint density at radius 2 is 2.29 bits per heavy atom. The van der Waals surface area contributed by atoms with E-state index in [9.17, 15) is 5.26 Å². The van der Waals surface area contributed by atoms with Crippen LogP contribution in [0.2, 0.25) is 0 Å². The number of amidine groups is 1. The SMILES string of the molecule is Cc1ccc2c(c1)C=CC1(O2)SC(NN)=NC(N)=C1C#N. The Hall–Kier alpha value is -2.43. The van der Waals surface area contributed by atoms with Crippen LogP contribution in [0.4, 0.5) is 0 Å². The third-order valence-electron chi connectivity index (χ3n) is 3.22. The number of benzene rings is 1. The first-order valence-electron chi connectivity index (χ1n) is 6.21. The maximum Gasteiger partial charge on any atom is 0.219 e. The molecule has 106 valence electrons. The second kappa shape index (κ2) is 4.84. The normalized spacial score (nSPS) is 23.2. The molecule has 2 heterocycles. The molecular weight excluding hydrogens is 286 g/mol. The summed E-state index contributed by atoms with van der Waals surface area (Å²) in [6.07, 6.45) is 3.72. The summed E-state index contributed by atoms with van der Waals surface area (Å²) in [5.41, 5.74) is 10.7. The van der Waals surface area contributed by atoms with Crippen molar-refractivity contribution < 1.29 is 4.74 Å². The summed E-state index contributed by atoms with van der Waals surface area (Å²) in [6, 6.07) is 7.93. The summed E-state index contributed by atoms with van der Waals surface area (Å²) in [5.74, 6) is 6.21. The molecule has 2 aliphatic rings. The van der Waals surface area contributed by atoms with E-state index in [1.165, 1.54) is 11.8 Å². The van der Waals surface area contributed by atoms with Crippen molar-refractivity contribution in [3.05, 3.63) is 46.8 Å². The van der Waals surface area contributed by atoms with Gasteiger partial charge in [-0.3, -0.25) is 0 Å². The number of rotatable bonds is 0. The lowest BCUT2D eigenvalue weighted by Gasteiger charge is -2.35. The number of ether oxygens (including phenoxy) is 1. The average molecular weight is 299 g/mol. The number of nitrogens with two attached hydrogens (primary N) is 2. The minimum Gasteiger partial charge on any atom is -0.467 e. The molecule has 7 heteroatoms. The first kappa shape index (κ1) is 13.5. The van der Waals surface area contributed by atoms with Gasteiger partial charge in [0.1, 0.15) is 23.2 Å². The van der Waals surface area contributed by atoms with E-state index in [2.05, 4.69) is 16.5 Å². The van der Waals surface area contributed by atoms with Gasteiger partial charge in [-0.25, -0.2) is 10.8 Å². The van der Waals surface area contributed by atoms with Gasteiger partial charge in [0.25, 0.3) is 0 Å². The van der Waals surface area contributed by atoms with Crippen molar-refractivity contribution in [1.82, 2.24) is 5.43 Å². The second-order valence-electron chi connectivity index (χ2n) is 4.68. The van der Waals surface area contributed by atoms with Crippen LogP contribution in [0.15, 0.2) is 40.7 Å². The maximum atomic E-state index is 9.39. The molecule has 1 aromatic carbocycles. The molecule has 0 aromatic heterocycles. The number of nitrogens with zero attached hydrogens (tertiary/aromatic N) is 2. The van der Waals surface area contributed by atoms with Crippen molar-refractivity contribution in [3.63, 3.8) is 0 Å². The van der Waals surface area contributed by atoms with Crippen molar-refractivity contribution in [2.45, 2.75) is 11.9 Å². The number of nitrogens with one attached hydrogen (secondary N) is 1. The molecule has 1 atom stereocenters. The van der Waals surface area contributed by atoms with Crippen LogP contribution in [-0.2, 0) is 0 Å². The van der Waals surface area contributed by atoms with Crippen molar-refractivity contribution in [2.75, 3.05) is 0 Å². The van der Waals surface area contributed by atoms with Gasteiger partial charge < -0.3 is 15.9 Å². The van der Waals surface area contributed by atoms with E-state index in [1.54, 1.807) is 6.08 Å². The monoisotopic (exact) mass is 299 g/mol. The molecule has 0 saturated carbocycles. The number of hydrazine groups is 1. The number of fused-ring (bicyclic) bond motifs is 1. The highest BCUT2D eigenvalue weighted by Crippen LogP contribution is 2.45. The first-order valence-corrected chi connectivity index (χ1v) is 7.03.